The molecule has 0 aromatic heterocycles. The summed E-state index contributed by atoms with van der Waals surface area (Å²) in [5, 5.41) is 0. The van der Waals surface area contributed by atoms with E-state index in [9.17, 15) is 0 Å². The third-order valence-corrected chi connectivity index (χ3v) is 4.12. The molecule has 1 aliphatic heterocycles. The summed E-state index contributed by atoms with van der Waals surface area (Å²) in [6.45, 7) is 14.9. The van der Waals surface area contributed by atoms with Gasteiger partial charge < -0.3 is 4.74 Å². The van der Waals surface area contributed by atoms with Gasteiger partial charge in [-0.2, -0.15) is 0 Å². The topological polar surface area (TPSA) is 9.23 Å². The monoisotopic (exact) mass is 246 g/mol. The summed E-state index contributed by atoms with van der Waals surface area (Å²) >= 11 is 0. The molecule has 0 saturated heterocycles. The van der Waals surface area contributed by atoms with Crippen molar-refractivity contribution in [3.63, 3.8) is 0 Å². The van der Waals surface area contributed by atoms with Gasteiger partial charge in [0.15, 0.2) is 0 Å². The second kappa shape index (κ2) is 4.29. The van der Waals surface area contributed by atoms with Crippen LogP contribution in [0.15, 0.2) is 24.3 Å². The lowest BCUT2D eigenvalue weighted by molar-refractivity contribution is 0.0541. The van der Waals surface area contributed by atoms with Crippen molar-refractivity contribution in [2.24, 2.45) is 16.7 Å². The molecule has 0 radical (unpaired) electrons. The summed E-state index contributed by atoms with van der Waals surface area (Å²) in [5.74, 6) is 2.20. The van der Waals surface area contributed by atoms with E-state index < -0.39 is 0 Å². The molecule has 0 bridgehead atoms. The largest absolute Gasteiger partial charge is 0.493 e. The highest BCUT2D eigenvalue weighted by Crippen LogP contribution is 2.52. The van der Waals surface area contributed by atoms with E-state index in [2.05, 4.69) is 65.8 Å². The van der Waals surface area contributed by atoms with E-state index in [1.54, 1.807) is 0 Å². The van der Waals surface area contributed by atoms with Crippen LogP contribution in [-0.4, -0.2) is 6.61 Å². The first-order valence-corrected chi connectivity index (χ1v) is 6.93. The molecule has 1 aliphatic rings. The van der Waals surface area contributed by atoms with Crippen LogP contribution in [0.25, 0.3) is 0 Å². The smallest absolute Gasteiger partial charge is 0.122 e. The molecule has 1 unspecified atom stereocenters. The van der Waals surface area contributed by atoms with Crippen LogP contribution in [0.3, 0.4) is 0 Å². The van der Waals surface area contributed by atoms with Crippen molar-refractivity contribution in [2.45, 2.75) is 47.5 Å². The predicted molar refractivity (Wildman–Crippen MR) is 77.1 cm³/mol. The molecule has 2 rings (SSSR count). The highest BCUT2D eigenvalue weighted by atomic mass is 16.5. The van der Waals surface area contributed by atoms with Gasteiger partial charge in [0, 0.05) is 5.92 Å². The second-order valence-electron chi connectivity index (χ2n) is 7.67. The minimum absolute atomic E-state index is 0.262. The zero-order chi connectivity index (χ0) is 13.6. The van der Waals surface area contributed by atoms with Gasteiger partial charge in [-0.1, -0.05) is 59.7 Å². The fraction of sp³-hybridized carbons (Fsp3) is 0.647. The van der Waals surface area contributed by atoms with Crippen LogP contribution in [-0.2, 0) is 0 Å². The fourth-order valence-electron chi connectivity index (χ4n) is 3.18. The molecular formula is C17H26O. The fourth-order valence-corrected chi connectivity index (χ4v) is 3.18. The molecule has 2 atom stereocenters. The van der Waals surface area contributed by atoms with E-state index in [4.69, 9.17) is 4.74 Å². The minimum Gasteiger partial charge on any atom is -0.493 e. The zero-order valence-electron chi connectivity index (χ0n) is 12.6. The van der Waals surface area contributed by atoms with Gasteiger partial charge in [0.1, 0.15) is 5.75 Å². The Morgan fingerprint density at radius 3 is 2.11 bits per heavy atom. The van der Waals surface area contributed by atoms with Gasteiger partial charge in [0.25, 0.3) is 0 Å². The number of hydrogen-bond acceptors (Lipinski definition) is 1. The molecule has 1 nitrogen and oxygen atoms in total. The number of fused-ring (bicyclic) bond motifs is 1. The Morgan fingerprint density at radius 1 is 0.944 bits per heavy atom. The lowest BCUT2D eigenvalue weighted by atomic mass is 9.61. The molecule has 0 spiro atoms. The van der Waals surface area contributed by atoms with Crippen molar-refractivity contribution in [3.8, 4) is 5.75 Å². The molecule has 0 amide bonds. The quantitative estimate of drug-likeness (QED) is 0.634. The lowest BCUT2D eigenvalue weighted by Gasteiger charge is -2.47. The van der Waals surface area contributed by atoms with Crippen LogP contribution in [0.1, 0.15) is 53.0 Å². The average molecular weight is 246 g/mol. The molecule has 1 heterocycles. The van der Waals surface area contributed by atoms with Crippen LogP contribution < -0.4 is 4.74 Å². The Labute approximate surface area is 112 Å². The average Bonchev–Trinajstić information content (AvgIpc) is 2.24. The predicted octanol–water partition coefficient (Wildman–Crippen LogP) is 4.87. The van der Waals surface area contributed by atoms with E-state index >= 15 is 0 Å². The molecule has 0 N–H and O–H groups in total. The number of para-hydroxylation sites is 1. The maximum Gasteiger partial charge on any atom is 0.122 e. The number of benzene rings is 1. The Kier molecular flexibility index (Phi) is 3.21. The maximum atomic E-state index is 5.99. The highest BCUT2D eigenvalue weighted by molar-refractivity contribution is 5.39. The van der Waals surface area contributed by atoms with Gasteiger partial charge in [0.05, 0.1) is 6.61 Å². The van der Waals surface area contributed by atoms with Crippen LogP contribution in [0.5, 0.6) is 5.75 Å². The summed E-state index contributed by atoms with van der Waals surface area (Å²) in [7, 11) is 0. The summed E-state index contributed by atoms with van der Waals surface area (Å²) in [6.07, 6.45) is 0. The van der Waals surface area contributed by atoms with Crippen molar-refractivity contribution in [1.82, 2.24) is 0 Å². The van der Waals surface area contributed by atoms with Crippen molar-refractivity contribution >= 4 is 0 Å². The van der Waals surface area contributed by atoms with Gasteiger partial charge >= 0.3 is 0 Å². The summed E-state index contributed by atoms with van der Waals surface area (Å²) in [5.41, 5.74) is 1.92. The van der Waals surface area contributed by atoms with Gasteiger partial charge in [-0.3, -0.25) is 0 Å². The molecule has 0 saturated carbocycles. The van der Waals surface area contributed by atoms with Gasteiger partial charge in [-0.25, -0.2) is 0 Å². The van der Waals surface area contributed by atoms with E-state index in [1.807, 2.05) is 0 Å². The lowest BCUT2D eigenvalue weighted by Crippen LogP contribution is -2.40. The first-order valence-electron chi connectivity index (χ1n) is 6.93. The SMILES string of the molecule is CC(C)(C)C1c2ccccc2OC[C@H]1C(C)(C)C. The van der Waals surface area contributed by atoms with Crippen molar-refractivity contribution < 1.29 is 4.74 Å². The zero-order valence-corrected chi connectivity index (χ0v) is 12.6. The molecule has 1 aromatic rings. The van der Waals surface area contributed by atoms with Crippen molar-refractivity contribution in [2.75, 3.05) is 6.61 Å². The third kappa shape index (κ3) is 2.41. The Balaban J connectivity index is 2.50. The summed E-state index contributed by atoms with van der Waals surface area (Å²) in [4.78, 5) is 0. The van der Waals surface area contributed by atoms with Crippen LogP contribution in [0.2, 0.25) is 0 Å². The summed E-state index contributed by atoms with van der Waals surface area (Å²) < 4.78 is 5.99. The molecule has 1 heteroatoms. The molecule has 0 aliphatic carbocycles. The summed E-state index contributed by atoms with van der Waals surface area (Å²) in [6, 6.07) is 8.54. The van der Waals surface area contributed by atoms with Gasteiger partial charge in [0.2, 0.25) is 0 Å². The van der Waals surface area contributed by atoms with Crippen LogP contribution >= 0.6 is 0 Å². The Morgan fingerprint density at radius 2 is 1.56 bits per heavy atom. The first-order chi connectivity index (χ1) is 8.21. The number of rotatable bonds is 0. The van der Waals surface area contributed by atoms with Gasteiger partial charge in [-0.05, 0) is 28.4 Å². The normalized spacial score (nSPS) is 24.3. The Hall–Kier alpha value is -0.980. The van der Waals surface area contributed by atoms with E-state index in [-0.39, 0.29) is 10.8 Å². The second-order valence-corrected chi connectivity index (χ2v) is 7.67. The van der Waals surface area contributed by atoms with Gasteiger partial charge in [-0.15, -0.1) is 0 Å². The Bertz CT molecular complexity index is 420. The molecule has 18 heavy (non-hydrogen) atoms. The standard InChI is InChI=1S/C17H26O/c1-16(2,3)13-11-18-14-10-8-7-9-12(14)15(13)17(4,5)6/h7-10,13,15H,11H2,1-6H3/t13-,15?/m1/s1. The molecule has 1 aromatic carbocycles. The first kappa shape index (κ1) is 13.5. The number of ether oxygens (including phenoxy) is 1. The maximum absolute atomic E-state index is 5.99. The van der Waals surface area contributed by atoms with Crippen molar-refractivity contribution in [3.05, 3.63) is 29.8 Å². The number of hydrogen-bond donors (Lipinski definition) is 0. The van der Waals surface area contributed by atoms with E-state index in [0.717, 1.165) is 12.4 Å². The minimum atomic E-state index is 0.262. The van der Waals surface area contributed by atoms with Crippen LogP contribution in [0.4, 0.5) is 0 Å². The van der Waals surface area contributed by atoms with E-state index in [0.29, 0.717) is 11.8 Å². The van der Waals surface area contributed by atoms with Crippen molar-refractivity contribution in [1.29, 1.82) is 0 Å². The third-order valence-electron chi connectivity index (χ3n) is 4.12. The molecule has 0 fully saturated rings. The molecular weight excluding hydrogens is 220 g/mol. The molecule has 100 valence electrons. The van der Waals surface area contributed by atoms with E-state index in [1.165, 1.54) is 5.56 Å². The van der Waals surface area contributed by atoms with Crippen LogP contribution in [0, 0.1) is 16.7 Å². The highest BCUT2D eigenvalue weighted by Gasteiger charge is 2.43.